The summed E-state index contributed by atoms with van der Waals surface area (Å²) in [4.78, 5) is 8.48. The van der Waals surface area contributed by atoms with Gasteiger partial charge in [-0.15, -0.1) is 0 Å². The first-order chi connectivity index (χ1) is 7.15. The fourth-order valence-corrected chi connectivity index (χ4v) is 1.24. The Labute approximate surface area is 89.8 Å². The van der Waals surface area contributed by atoms with Gasteiger partial charge in [0.2, 0.25) is 5.95 Å². The molecular formula is C10H17N3O2. The molecule has 1 rings (SSSR count). The molecule has 0 aliphatic carbocycles. The summed E-state index contributed by atoms with van der Waals surface area (Å²) in [5.41, 5.74) is 1.88. The van der Waals surface area contributed by atoms with E-state index in [1.807, 2.05) is 19.9 Å². The zero-order chi connectivity index (χ0) is 11.3. The molecular weight excluding hydrogens is 194 g/mol. The van der Waals surface area contributed by atoms with Gasteiger partial charge in [-0.25, -0.2) is 9.97 Å². The van der Waals surface area contributed by atoms with Crippen molar-refractivity contribution in [2.75, 3.05) is 26.1 Å². The Morgan fingerprint density at radius 1 is 1.20 bits per heavy atom. The van der Waals surface area contributed by atoms with E-state index in [-0.39, 0.29) is 6.29 Å². The van der Waals surface area contributed by atoms with Crippen molar-refractivity contribution in [3.63, 3.8) is 0 Å². The second-order valence-electron chi connectivity index (χ2n) is 3.26. The fraction of sp³-hybridized carbons (Fsp3) is 0.600. The summed E-state index contributed by atoms with van der Waals surface area (Å²) in [7, 11) is 3.19. The highest BCUT2D eigenvalue weighted by Gasteiger charge is 2.05. The zero-order valence-corrected chi connectivity index (χ0v) is 9.57. The van der Waals surface area contributed by atoms with Crippen LogP contribution in [0.15, 0.2) is 6.07 Å². The van der Waals surface area contributed by atoms with Crippen molar-refractivity contribution in [3.8, 4) is 0 Å². The van der Waals surface area contributed by atoms with Crippen LogP contribution < -0.4 is 5.32 Å². The number of hydrogen-bond acceptors (Lipinski definition) is 5. The predicted molar refractivity (Wildman–Crippen MR) is 57.8 cm³/mol. The number of nitrogens with one attached hydrogen (secondary N) is 1. The number of nitrogens with zero attached hydrogens (tertiary/aromatic N) is 2. The van der Waals surface area contributed by atoms with Crippen molar-refractivity contribution >= 4 is 5.95 Å². The van der Waals surface area contributed by atoms with Gasteiger partial charge in [0.25, 0.3) is 0 Å². The molecule has 0 saturated carbocycles. The SMILES string of the molecule is COC(CNc1nc(C)cc(C)n1)OC. The summed E-state index contributed by atoms with van der Waals surface area (Å²) in [6, 6.07) is 1.93. The van der Waals surface area contributed by atoms with E-state index < -0.39 is 0 Å². The van der Waals surface area contributed by atoms with Crippen molar-refractivity contribution in [1.29, 1.82) is 0 Å². The molecule has 1 aromatic heterocycles. The molecule has 84 valence electrons. The Morgan fingerprint density at radius 2 is 1.73 bits per heavy atom. The molecule has 1 aromatic rings. The first-order valence-electron chi connectivity index (χ1n) is 4.77. The van der Waals surface area contributed by atoms with Crippen LogP contribution in [0.25, 0.3) is 0 Å². The zero-order valence-electron chi connectivity index (χ0n) is 9.57. The minimum absolute atomic E-state index is 0.283. The highest BCUT2D eigenvalue weighted by molar-refractivity contribution is 5.27. The van der Waals surface area contributed by atoms with Crippen LogP contribution in [-0.2, 0) is 9.47 Å². The van der Waals surface area contributed by atoms with Gasteiger partial charge in [-0.05, 0) is 19.9 Å². The first kappa shape index (κ1) is 11.9. The molecule has 15 heavy (non-hydrogen) atoms. The van der Waals surface area contributed by atoms with Crippen LogP contribution in [0.3, 0.4) is 0 Å². The maximum atomic E-state index is 5.04. The van der Waals surface area contributed by atoms with E-state index in [1.54, 1.807) is 14.2 Å². The molecule has 5 heteroatoms. The smallest absolute Gasteiger partial charge is 0.223 e. The first-order valence-corrected chi connectivity index (χ1v) is 4.77. The summed E-state index contributed by atoms with van der Waals surface area (Å²) in [5.74, 6) is 0.603. The minimum Gasteiger partial charge on any atom is -0.354 e. The van der Waals surface area contributed by atoms with E-state index in [4.69, 9.17) is 9.47 Å². The van der Waals surface area contributed by atoms with Gasteiger partial charge < -0.3 is 14.8 Å². The number of methoxy groups -OCH3 is 2. The van der Waals surface area contributed by atoms with Gasteiger partial charge in [-0.3, -0.25) is 0 Å². The third-order valence-corrected chi connectivity index (χ3v) is 1.93. The minimum atomic E-state index is -0.283. The van der Waals surface area contributed by atoms with E-state index >= 15 is 0 Å². The van der Waals surface area contributed by atoms with Crippen molar-refractivity contribution in [1.82, 2.24) is 9.97 Å². The van der Waals surface area contributed by atoms with E-state index in [9.17, 15) is 0 Å². The Balaban J connectivity index is 2.57. The fourth-order valence-electron chi connectivity index (χ4n) is 1.24. The van der Waals surface area contributed by atoms with Gasteiger partial charge in [0, 0.05) is 25.6 Å². The van der Waals surface area contributed by atoms with E-state index in [0.717, 1.165) is 11.4 Å². The monoisotopic (exact) mass is 211 g/mol. The van der Waals surface area contributed by atoms with E-state index in [2.05, 4.69) is 15.3 Å². The third-order valence-electron chi connectivity index (χ3n) is 1.93. The Bertz CT molecular complexity index is 293. The van der Waals surface area contributed by atoms with Crippen LogP contribution in [-0.4, -0.2) is 37.0 Å². The summed E-state index contributed by atoms with van der Waals surface area (Å²) in [6.07, 6.45) is -0.283. The lowest BCUT2D eigenvalue weighted by molar-refractivity contribution is -0.0914. The number of ether oxygens (including phenoxy) is 2. The predicted octanol–water partition coefficient (Wildman–Crippen LogP) is 1.12. The second-order valence-corrected chi connectivity index (χ2v) is 3.26. The molecule has 0 aliphatic rings. The summed E-state index contributed by atoms with van der Waals surface area (Å²) in [5, 5.41) is 3.06. The van der Waals surface area contributed by atoms with Gasteiger partial charge in [-0.2, -0.15) is 0 Å². The topological polar surface area (TPSA) is 56.3 Å². The Morgan fingerprint density at radius 3 is 2.20 bits per heavy atom. The van der Waals surface area contributed by atoms with Gasteiger partial charge >= 0.3 is 0 Å². The molecule has 0 bridgehead atoms. The van der Waals surface area contributed by atoms with Crippen LogP contribution >= 0.6 is 0 Å². The molecule has 0 atom stereocenters. The van der Waals surface area contributed by atoms with Gasteiger partial charge in [0.05, 0.1) is 6.54 Å². The number of anilines is 1. The number of aryl methyl sites for hydroxylation is 2. The lowest BCUT2D eigenvalue weighted by Crippen LogP contribution is -2.24. The molecule has 0 radical (unpaired) electrons. The quantitative estimate of drug-likeness (QED) is 0.740. The molecule has 0 unspecified atom stereocenters. The van der Waals surface area contributed by atoms with Crippen LogP contribution in [0.5, 0.6) is 0 Å². The maximum Gasteiger partial charge on any atom is 0.223 e. The van der Waals surface area contributed by atoms with Gasteiger partial charge in [0.1, 0.15) is 0 Å². The van der Waals surface area contributed by atoms with Crippen LogP contribution in [0.1, 0.15) is 11.4 Å². The number of rotatable bonds is 5. The standard InChI is InChI=1S/C10H17N3O2/c1-7-5-8(2)13-10(12-7)11-6-9(14-3)15-4/h5,9H,6H2,1-4H3,(H,11,12,13). The maximum absolute atomic E-state index is 5.04. The summed E-state index contributed by atoms with van der Waals surface area (Å²) in [6.45, 7) is 4.39. The summed E-state index contributed by atoms with van der Waals surface area (Å²) >= 11 is 0. The average molecular weight is 211 g/mol. The van der Waals surface area contributed by atoms with E-state index in [1.165, 1.54) is 0 Å². The largest absolute Gasteiger partial charge is 0.354 e. The molecule has 0 amide bonds. The highest BCUT2D eigenvalue weighted by Crippen LogP contribution is 2.04. The number of hydrogen-bond donors (Lipinski definition) is 1. The van der Waals surface area contributed by atoms with Crippen molar-refractivity contribution in [2.24, 2.45) is 0 Å². The van der Waals surface area contributed by atoms with Crippen LogP contribution in [0.2, 0.25) is 0 Å². The second kappa shape index (κ2) is 5.63. The Hall–Kier alpha value is -1.20. The molecule has 5 nitrogen and oxygen atoms in total. The van der Waals surface area contributed by atoms with Gasteiger partial charge in [0.15, 0.2) is 6.29 Å². The number of aromatic nitrogens is 2. The van der Waals surface area contributed by atoms with Crippen molar-refractivity contribution in [3.05, 3.63) is 17.5 Å². The molecule has 0 aliphatic heterocycles. The highest BCUT2D eigenvalue weighted by atomic mass is 16.7. The Kier molecular flexibility index (Phi) is 4.45. The van der Waals surface area contributed by atoms with Crippen molar-refractivity contribution < 1.29 is 9.47 Å². The van der Waals surface area contributed by atoms with Crippen LogP contribution in [0, 0.1) is 13.8 Å². The summed E-state index contributed by atoms with van der Waals surface area (Å²) < 4.78 is 10.1. The molecule has 1 heterocycles. The van der Waals surface area contributed by atoms with Gasteiger partial charge in [-0.1, -0.05) is 0 Å². The van der Waals surface area contributed by atoms with E-state index in [0.29, 0.717) is 12.5 Å². The lowest BCUT2D eigenvalue weighted by Gasteiger charge is -2.14. The molecule has 0 fully saturated rings. The molecule has 0 aromatic carbocycles. The molecule has 1 N–H and O–H groups in total. The molecule has 0 spiro atoms. The van der Waals surface area contributed by atoms with Crippen molar-refractivity contribution in [2.45, 2.75) is 20.1 Å². The molecule has 0 saturated heterocycles. The normalized spacial score (nSPS) is 10.7. The average Bonchev–Trinajstić information content (AvgIpc) is 2.18. The lowest BCUT2D eigenvalue weighted by atomic mass is 10.4. The third kappa shape index (κ3) is 3.81. The van der Waals surface area contributed by atoms with Crippen LogP contribution in [0.4, 0.5) is 5.95 Å².